The predicted octanol–water partition coefficient (Wildman–Crippen LogP) is 19.1. The molecule has 0 spiro atoms. The Labute approximate surface area is 418 Å². The van der Waals surface area contributed by atoms with E-state index in [9.17, 15) is 0 Å². The quantitative estimate of drug-likeness (QED) is 0.0572. The van der Waals surface area contributed by atoms with Gasteiger partial charge in [-0.05, 0) is 193 Å². The van der Waals surface area contributed by atoms with Crippen molar-refractivity contribution in [3.63, 3.8) is 0 Å². The molecule has 3 nitrogen and oxygen atoms in total. The van der Waals surface area contributed by atoms with Crippen LogP contribution in [0.25, 0.3) is 10.8 Å². The van der Waals surface area contributed by atoms with E-state index in [0.717, 1.165) is 18.8 Å². The lowest BCUT2D eigenvalue weighted by Crippen LogP contribution is -2.26. The summed E-state index contributed by atoms with van der Waals surface area (Å²) in [4.78, 5) is 5.26. The molecular formula is C66H82N3+. The van der Waals surface area contributed by atoms with Crippen molar-refractivity contribution >= 4 is 44.9 Å². The van der Waals surface area contributed by atoms with Gasteiger partial charge in [0.15, 0.2) is 0 Å². The van der Waals surface area contributed by atoms with Crippen LogP contribution in [-0.2, 0) is 0 Å². The number of unbranched alkanes of at least 4 members (excludes halogenated alkanes) is 2. The van der Waals surface area contributed by atoms with E-state index >= 15 is 0 Å². The molecule has 360 valence electrons. The molecule has 69 heavy (non-hydrogen) atoms. The van der Waals surface area contributed by atoms with Crippen molar-refractivity contribution in [1.29, 1.82) is 0 Å². The number of nitrogens with one attached hydrogen (secondary N) is 1. The van der Waals surface area contributed by atoms with Gasteiger partial charge in [0.1, 0.15) is 0 Å². The molecule has 0 aliphatic carbocycles. The van der Waals surface area contributed by atoms with Crippen molar-refractivity contribution in [2.75, 3.05) is 28.2 Å². The summed E-state index contributed by atoms with van der Waals surface area (Å²) in [5.41, 5.74) is 23.0. The lowest BCUT2D eigenvalue weighted by molar-refractivity contribution is 0.458. The summed E-state index contributed by atoms with van der Waals surface area (Å²) in [6.45, 7) is 31.6. The fourth-order valence-electron chi connectivity index (χ4n) is 11.4. The zero-order valence-electron chi connectivity index (χ0n) is 44.7. The number of aryl methyl sites for hydroxylation is 9. The summed E-state index contributed by atoms with van der Waals surface area (Å²) in [7, 11) is 0. The highest BCUT2D eigenvalue weighted by Crippen LogP contribution is 2.43. The second-order valence-electron chi connectivity index (χ2n) is 20.6. The van der Waals surface area contributed by atoms with Crippen LogP contribution >= 0.6 is 0 Å². The number of rotatable bonds is 21. The van der Waals surface area contributed by atoms with Crippen LogP contribution in [-0.4, -0.2) is 13.1 Å². The molecule has 0 fully saturated rings. The van der Waals surface area contributed by atoms with Gasteiger partial charge >= 0.3 is 0 Å². The van der Waals surface area contributed by atoms with E-state index in [1.54, 1.807) is 0 Å². The molecule has 2 atom stereocenters. The lowest BCUT2D eigenvalue weighted by Gasteiger charge is -2.32. The van der Waals surface area contributed by atoms with Gasteiger partial charge in [0.2, 0.25) is 0 Å². The van der Waals surface area contributed by atoms with Gasteiger partial charge in [-0.15, -0.1) is 0 Å². The summed E-state index contributed by atoms with van der Waals surface area (Å²) in [5, 5.41) is 6.34. The molecule has 1 N–H and O–H groups in total. The fourth-order valence-corrected chi connectivity index (χ4v) is 11.4. The third kappa shape index (κ3) is 11.7. The van der Waals surface area contributed by atoms with Gasteiger partial charge in [0.25, 0.3) is 0 Å². The van der Waals surface area contributed by atoms with Crippen LogP contribution in [0, 0.1) is 80.1 Å². The van der Waals surface area contributed by atoms with E-state index in [2.05, 4.69) is 226 Å². The Morgan fingerprint density at radius 3 is 1.23 bits per heavy atom. The first-order chi connectivity index (χ1) is 33.2. The Bertz CT molecular complexity index is 2620. The molecule has 0 aromatic heterocycles. The van der Waals surface area contributed by atoms with E-state index < -0.39 is 0 Å². The van der Waals surface area contributed by atoms with Crippen LogP contribution in [0.2, 0.25) is 0 Å². The van der Waals surface area contributed by atoms with Crippen molar-refractivity contribution in [3.05, 3.63) is 194 Å². The minimum absolute atomic E-state index is 0.614. The highest BCUT2D eigenvalue weighted by Gasteiger charge is 2.29. The van der Waals surface area contributed by atoms with Gasteiger partial charge in [-0.1, -0.05) is 131 Å². The smallest absolute Gasteiger partial charge is 0.0638 e. The van der Waals surface area contributed by atoms with Crippen LogP contribution in [0.1, 0.15) is 146 Å². The van der Waals surface area contributed by atoms with E-state index in [1.165, 1.54) is 163 Å². The largest absolute Gasteiger partial charge is 0.354 e. The normalized spacial score (nSPS) is 12.3. The van der Waals surface area contributed by atoms with Crippen molar-refractivity contribution < 1.29 is 0 Å². The van der Waals surface area contributed by atoms with Crippen LogP contribution in [0.4, 0.5) is 34.1 Å². The second-order valence-corrected chi connectivity index (χ2v) is 20.6. The van der Waals surface area contributed by atoms with E-state index in [4.69, 9.17) is 0 Å². The second kappa shape index (κ2) is 23.1. The van der Waals surface area contributed by atoms with Gasteiger partial charge in [0.05, 0.1) is 39.7 Å². The van der Waals surface area contributed by atoms with Gasteiger partial charge in [-0.3, -0.25) is 0 Å². The number of hydrogen-bond donors (Lipinski definition) is 1. The van der Waals surface area contributed by atoms with Gasteiger partial charge in [-0.25, -0.2) is 0 Å². The summed E-state index contributed by atoms with van der Waals surface area (Å²) in [6.07, 6.45) is 9.83. The summed E-state index contributed by atoms with van der Waals surface area (Å²) in [5.74, 6) is 2.47. The SMILES string of the molecule is CCCCC(CC)CN(c1ccc([C+](c2ccc(N(CC(CC)CCCC)c3c(C)cc(C)cc3C)cc2)c2ccc(Nc3c(C)cc(C)cc3C)c3ccccc23)cc1)c1c(C)cc(C)cc1C. The Hall–Kier alpha value is -5.93. The maximum atomic E-state index is 3.90. The Kier molecular flexibility index (Phi) is 17.1. The molecule has 3 heteroatoms. The molecular weight excluding hydrogens is 835 g/mol. The van der Waals surface area contributed by atoms with Crippen molar-refractivity contribution in [1.82, 2.24) is 0 Å². The highest BCUT2D eigenvalue weighted by atomic mass is 15.1. The third-order valence-corrected chi connectivity index (χ3v) is 14.8. The zero-order chi connectivity index (χ0) is 49.4. The molecule has 0 aliphatic heterocycles. The molecule has 0 saturated heterocycles. The molecule has 0 saturated carbocycles. The monoisotopic (exact) mass is 917 g/mol. The molecule has 7 aromatic carbocycles. The molecule has 2 unspecified atom stereocenters. The third-order valence-electron chi connectivity index (χ3n) is 14.8. The molecule has 7 rings (SSSR count). The van der Waals surface area contributed by atoms with Crippen LogP contribution in [0.5, 0.6) is 0 Å². The standard InChI is InChI=1S/C66H82N3/c1-14-18-22-53(16-3)42-68(65-49(10)38-45(6)39-50(65)11)57-30-26-55(27-31-57)63(61-34-35-62(60-25-21-20-24-59(60)61)67-64-47(8)36-44(5)37-48(64)9)56-28-32-58(33-29-56)69(43-54(17-4)23-19-15-2)66-51(12)40-46(7)41-52(66)13/h20-21,24-41,53-54,67H,14-19,22-23,42-43H2,1-13H3/q+1. The number of benzene rings is 7. The molecule has 0 amide bonds. The van der Waals surface area contributed by atoms with Crippen molar-refractivity contribution in [2.45, 2.75) is 141 Å². The van der Waals surface area contributed by atoms with Crippen LogP contribution < -0.4 is 15.1 Å². The summed E-state index contributed by atoms with van der Waals surface area (Å²) < 4.78 is 0. The Morgan fingerprint density at radius 1 is 0.449 bits per heavy atom. The van der Waals surface area contributed by atoms with Crippen molar-refractivity contribution in [3.8, 4) is 0 Å². The maximum Gasteiger partial charge on any atom is 0.0638 e. The number of anilines is 6. The Balaban J connectivity index is 1.38. The molecule has 0 radical (unpaired) electrons. The van der Waals surface area contributed by atoms with Crippen molar-refractivity contribution in [2.24, 2.45) is 11.8 Å². The summed E-state index contributed by atoms with van der Waals surface area (Å²) in [6, 6.07) is 46.7. The Morgan fingerprint density at radius 2 is 0.841 bits per heavy atom. The van der Waals surface area contributed by atoms with Gasteiger partial charge in [0, 0.05) is 40.9 Å². The first-order valence-electron chi connectivity index (χ1n) is 26.4. The van der Waals surface area contributed by atoms with E-state index in [1.807, 2.05) is 0 Å². The first kappa shape index (κ1) is 50.9. The molecule has 7 aromatic rings. The van der Waals surface area contributed by atoms with Gasteiger partial charge < -0.3 is 15.1 Å². The first-order valence-corrected chi connectivity index (χ1v) is 26.4. The average molecular weight is 917 g/mol. The van der Waals surface area contributed by atoms with Crippen LogP contribution in [0.3, 0.4) is 0 Å². The fraction of sp³-hybridized carbons (Fsp3) is 0.379. The topological polar surface area (TPSA) is 18.5 Å². The maximum absolute atomic E-state index is 3.90. The molecule has 0 aliphatic rings. The predicted molar refractivity (Wildman–Crippen MR) is 303 cm³/mol. The molecule has 0 bridgehead atoms. The number of fused-ring (bicyclic) bond motifs is 1. The number of nitrogens with zero attached hydrogens (tertiary/aromatic N) is 2. The number of hydrogen-bond acceptors (Lipinski definition) is 3. The highest BCUT2D eigenvalue weighted by molar-refractivity contribution is 6.00. The summed E-state index contributed by atoms with van der Waals surface area (Å²) >= 11 is 0. The minimum atomic E-state index is 0.614. The van der Waals surface area contributed by atoms with E-state index in [-0.39, 0.29) is 0 Å². The minimum Gasteiger partial charge on any atom is -0.354 e. The zero-order valence-corrected chi connectivity index (χ0v) is 44.7. The van der Waals surface area contributed by atoms with E-state index in [0.29, 0.717) is 11.8 Å². The molecule has 0 heterocycles. The average Bonchev–Trinajstić information content (AvgIpc) is 3.32. The lowest BCUT2D eigenvalue weighted by atomic mass is 9.82. The van der Waals surface area contributed by atoms with Crippen LogP contribution in [0.15, 0.2) is 121 Å². The van der Waals surface area contributed by atoms with Gasteiger partial charge in [-0.2, -0.15) is 0 Å².